The van der Waals surface area contributed by atoms with Gasteiger partial charge in [-0.2, -0.15) is 13.2 Å². The molecule has 160 valence electrons. The summed E-state index contributed by atoms with van der Waals surface area (Å²) < 4.78 is 38.1. The third-order valence-electron chi connectivity index (χ3n) is 5.51. The number of hydrogen-bond donors (Lipinski definition) is 0. The first-order valence-corrected chi connectivity index (χ1v) is 9.88. The number of hydrogen-bond acceptors (Lipinski definition) is 2. The van der Waals surface area contributed by atoms with Crippen LogP contribution in [0.4, 0.5) is 18.9 Å². The molecule has 0 spiro atoms. The highest BCUT2D eigenvalue weighted by atomic mass is 19.4. The van der Waals surface area contributed by atoms with Crippen LogP contribution >= 0.6 is 0 Å². The average Bonchev–Trinajstić information content (AvgIpc) is 2.71. The number of alkyl halides is 3. The number of carbonyl (C=O) groups is 2. The second-order valence-electron chi connectivity index (χ2n) is 7.88. The van der Waals surface area contributed by atoms with Crippen LogP contribution in [0.3, 0.4) is 0 Å². The molecule has 1 aliphatic heterocycles. The number of piperidine rings is 1. The van der Waals surface area contributed by atoms with Crippen LogP contribution in [0.25, 0.3) is 0 Å². The maximum absolute atomic E-state index is 12.9. The topological polar surface area (TPSA) is 40.6 Å². The van der Waals surface area contributed by atoms with E-state index in [2.05, 4.69) is 0 Å². The molecule has 7 heteroatoms. The number of aryl methyl sites for hydroxylation is 2. The van der Waals surface area contributed by atoms with Gasteiger partial charge in [0.15, 0.2) is 0 Å². The number of likely N-dealkylation sites (tertiary alicyclic amines) is 1. The lowest BCUT2D eigenvalue weighted by atomic mass is 9.94. The molecule has 2 aromatic rings. The van der Waals surface area contributed by atoms with Crippen LogP contribution < -0.4 is 4.90 Å². The minimum absolute atomic E-state index is 0.0154. The Bertz CT molecular complexity index is 910. The largest absolute Gasteiger partial charge is 0.416 e. The summed E-state index contributed by atoms with van der Waals surface area (Å²) in [6, 6.07) is 10.2. The Morgan fingerprint density at radius 1 is 0.967 bits per heavy atom. The molecule has 1 heterocycles. The highest BCUT2D eigenvalue weighted by molar-refractivity contribution is 5.96. The van der Waals surface area contributed by atoms with E-state index < -0.39 is 11.7 Å². The van der Waals surface area contributed by atoms with Crippen LogP contribution in [-0.4, -0.2) is 36.9 Å². The first-order chi connectivity index (χ1) is 14.1. The third-order valence-corrected chi connectivity index (χ3v) is 5.51. The number of rotatable bonds is 3. The van der Waals surface area contributed by atoms with Gasteiger partial charge in [-0.1, -0.05) is 6.07 Å². The van der Waals surface area contributed by atoms with E-state index >= 15 is 0 Å². The van der Waals surface area contributed by atoms with Gasteiger partial charge in [0.25, 0.3) is 5.91 Å². The van der Waals surface area contributed by atoms with Gasteiger partial charge < -0.3 is 9.80 Å². The van der Waals surface area contributed by atoms with Crippen molar-refractivity contribution in [3.8, 4) is 0 Å². The molecule has 0 atom stereocenters. The van der Waals surface area contributed by atoms with Crippen molar-refractivity contribution in [2.75, 3.05) is 25.0 Å². The monoisotopic (exact) mass is 418 g/mol. The number of benzene rings is 2. The number of carbonyl (C=O) groups excluding carboxylic acids is 2. The number of anilines is 1. The van der Waals surface area contributed by atoms with Crippen molar-refractivity contribution in [3.63, 3.8) is 0 Å². The minimum Gasteiger partial charge on any atom is -0.339 e. The second kappa shape index (κ2) is 8.50. The Kier molecular flexibility index (Phi) is 6.19. The van der Waals surface area contributed by atoms with Crippen LogP contribution in [0, 0.1) is 19.8 Å². The fourth-order valence-corrected chi connectivity index (χ4v) is 3.86. The lowest BCUT2D eigenvalue weighted by Gasteiger charge is -2.33. The summed E-state index contributed by atoms with van der Waals surface area (Å²) in [5.41, 5.74) is 2.46. The van der Waals surface area contributed by atoms with Crippen molar-refractivity contribution in [1.29, 1.82) is 0 Å². The van der Waals surface area contributed by atoms with E-state index in [0.29, 0.717) is 25.9 Å². The summed E-state index contributed by atoms with van der Waals surface area (Å²) >= 11 is 0. The van der Waals surface area contributed by atoms with E-state index in [0.717, 1.165) is 28.9 Å². The Balaban J connectivity index is 1.61. The SMILES string of the molecule is Cc1cc(C)cc(N(C)C(=O)C2CCN(C(=O)c3ccc(C(F)(F)F)cc3)CC2)c1. The fourth-order valence-electron chi connectivity index (χ4n) is 3.86. The maximum atomic E-state index is 12.9. The van der Waals surface area contributed by atoms with E-state index in [1.54, 1.807) is 16.8 Å². The predicted octanol–water partition coefficient (Wildman–Crippen LogP) is 4.84. The first kappa shape index (κ1) is 21.9. The lowest BCUT2D eigenvalue weighted by Crippen LogP contribution is -2.43. The molecule has 0 saturated carbocycles. The zero-order valence-electron chi connectivity index (χ0n) is 17.3. The van der Waals surface area contributed by atoms with Gasteiger partial charge in [0, 0.05) is 37.3 Å². The van der Waals surface area contributed by atoms with Crippen molar-refractivity contribution in [1.82, 2.24) is 4.90 Å². The van der Waals surface area contributed by atoms with Crippen molar-refractivity contribution in [2.45, 2.75) is 32.9 Å². The van der Waals surface area contributed by atoms with Crippen molar-refractivity contribution in [3.05, 3.63) is 64.7 Å². The average molecular weight is 418 g/mol. The van der Waals surface area contributed by atoms with Gasteiger partial charge in [0.1, 0.15) is 0 Å². The van der Waals surface area contributed by atoms with Gasteiger partial charge in [-0.05, 0) is 74.2 Å². The van der Waals surface area contributed by atoms with E-state index in [4.69, 9.17) is 0 Å². The molecule has 2 amide bonds. The second-order valence-corrected chi connectivity index (χ2v) is 7.88. The quantitative estimate of drug-likeness (QED) is 0.716. The standard InChI is InChI=1S/C23H25F3N2O2/c1-15-12-16(2)14-20(13-15)27(3)21(29)18-8-10-28(11-9-18)22(30)17-4-6-19(7-5-17)23(24,25)26/h4-7,12-14,18H,8-11H2,1-3H3. The maximum Gasteiger partial charge on any atom is 0.416 e. The van der Waals surface area contributed by atoms with Gasteiger partial charge in [0.2, 0.25) is 5.91 Å². The molecule has 1 fully saturated rings. The van der Waals surface area contributed by atoms with E-state index in [1.165, 1.54) is 12.1 Å². The molecule has 0 N–H and O–H groups in total. The molecule has 30 heavy (non-hydrogen) atoms. The van der Waals surface area contributed by atoms with Gasteiger partial charge in [-0.15, -0.1) is 0 Å². The van der Waals surface area contributed by atoms with Crippen LogP contribution in [0.1, 0.15) is 39.9 Å². The van der Waals surface area contributed by atoms with Gasteiger partial charge in [0.05, 0.1) is 5.56 Å². The Morgan fingerprint density at radius 2 is 1.50 bits per heavy atom. The Labute approximate surface area is 174 Å². The van der Waals surface area contributed by atoms with Crippen molar-refractivity contribution < 1.29 is 22.8 Å². The van der Waals surface area contributed by atoms with Crippen LogP contribution in [0.2, 0.25) is 0 Å². The Hall–Kier alpha value is -2.83. The lowest BCUT2D eigenvalue weighted by molar-refractivity contribution is -0.137. The van der Waals surface area contributed by atoms with Crippen LogP contribution in [-0.2, 0) is 11.0 Å². The van der Waals surface area contributed by atoms with Gasteiger partial charge >= 0.3 is 6.18 Å². The number of amides is 2. The molecular weight excluding hydrogens is 393 g/mol. The third kappa shape index (κ3) is 4.83. The van der Waals surface area contributed by atoms with Gasteiger partial charge in [-0.3, -0.25) is 9.59 Å². The zero-order valence-corrected chi connectivity index (χ0v) is 17.3. The molecule has 0 aromatic heterocycles. The minimum atomic E-state index is -4.43. The summed E-state index contributed by atoms with van der Waals surface area (Å²) in [5.74, 6) is -0.480. The van der Waals surface area contributed by atoms with E-state index in [-0.39, 0.29) is 23.3 Å². The number of nitrogens with zero attached hydrogens (tertiary/aromatic N) is 2. The Morgan fingerprint density at radius 3 is 2.00 bits per heavy atom. The van der Waals surface area contributed by atoms with E-state index in [9.17, 15) is 22.8 Å². The number of halogens is 3. The predicted molar refractivity (Wildman–Crippen MR) is 109 cm³/mol. The van der Waals surface area contributed by atoms with Crippen molar-refractivity contribution >= 4 is 17.5 Å². The molecule has 3 rings (SSSR count). The molecule has 0 radical (unpaired) electrons. The molecule has 2 aromatic carbocycles. The summed E-state index contributed by atoms with van der Waals surface area (Å²) in [5, 5.41) is 0. The highest BCUT2D eigenvalue weighted by Crippen LogP contribution is 2.30. The zero-order chi connectivity index (χ0) is 22.1. The van der Waals surface area contributed by atoms with Crippen LogP contribution in [0.15, 0.2) is 42.5 Å². The first-order valence-electron chi connectivity index (χ1n) is 9.88. The smallest absolute Gasteiger partial charge is 0.339 e. The molecule has 1 aliphatic rings. The summed E-state index contributed by atoms with van der Waals surface area (Å²) in [6.07, 6.45) is -3.37. The molecule has 1 saturated heterocycles. The summed E-state index contributed by atoms with van der Waals surface area (Å²) in [6.45, 7) is 4.77. The highest BCUT2D eigenvalue weighted by Gasteiger charge is 2.32. The molecule has 0 unspecified atom stereocenters. The fraction of sp³-hybridized carbons (Fsp3) is 0.391. The van der Waals surface area contributed by atoms with Crippen molar-refractivity contribution in [2.24, 2.45) is 5.92 Å². The summed E-state index contributed by atoms with van der Waals surface area (Å²) in [4.78, 5) is 28.8. The van der Waals surface area contributed by atoms with Crippen LogP contribution in [0.5, 0.6) is 0 Å². The molecule has 4 nitrogen and oxygen atoms in total. The van der Waals surface area contributed by atoms with Gasteiger partial charge in [-0.25, -0.2) is 0 Å². The summed E-state index contributed by atoms with van der Waals surface area (Å²) in [7, 11) is 1.76. The molecule has 0 aliphatic carbocycles. The molecular formula is C23H25F3N2O2. The normalized spacial score (nSPS) is 15.2. The van der Waals surface area contributed by atoms with E-state index in [1.807, 2.05) is 32.0 Å². The molecule has 0 bridgehead atoms.